The van der Waals surface area contributed by atoms with E-state index in [1.54, 1.807) is 23.8 Å². The summed E-state index contributed by atoms with van der Waals surface area (Å²) in [6, 6.07) is 6.06. The lowest BCUT2D eigenvalue weighted by Crippen LogP contribution is -2.48. The van der Waals surface area contributed by atoms with Crippen molar-refractivity contribution in [3.05, 3.63) is 41.0 Å². The number of aliphatic carboxylic acids is 1. The van der Waals surface area contributed by atoms with Crippen molar-refractivity contribution < 1.29 is 34.2 Å². The highest BCUT2D eigenvalue weighted by Crippen LogP contribution is 2.27. The zero-order chi connectivity index (χ0) is 31.0. The lowest BCUT2D eigenvalue weighted by molar-refractivity contribution is -0.143. The second-order valence-electron chi connectivity index (χ2n) is 11.3. The number of nitrogens with zero attached hydrogens (tertiary/aromatic N) is 2. The first-order chi connectivity index (χ1) is 19.8. The zero-order valence-corrected chi connectivity index (χ0v) is 25.3. The first-order valence-corrected chi connectivity index (χ1v) is 15.0. The van der Waals surface area contributed by atoms with Crippen molar-refractivity contribution in [1.82, 2.24) is 20.5 Å². The average Bonchev–Trinajstić information content (AvgIpc) is 3.54. The van der Waals surface area contributed by atoms with E-state index >= 15 is 0 Å². The summed E-state index contributed by atoms with van der Waals surface area (Å²) in [5.74, 6) is -3.52. The molecule has 1 fully saturated rings. The second kappa shape index (κ2) is 15.0. The minimum atomic E-state index is -1.11. The summed E-state index contributed by atoms with van der Waals surface area (Å²) in [6.45, 7) is 7.56. The van der Waals surface area contributed by atoms with E-state index in [1.165, 1.54) is 4.90 Å². The van der Waals surface area contributed by atoms with Crippen molar-refractivity contribution >= 4 is 40.8 Å². The molecule has 4 atom stereocenters. The molecule has 0 saturated carbocycles. The summed E-state index contributed by atoms with van der Waals surface area (Å²) in [5.41, 5.74) is 4.68. The molecule has 1 aliphatic heterocycles. The number of aliphatic hydroxyl groups excluding tert-OH is 1. The van der Waals surface area contributed by atoms with Crippen molar-refractivity contribution in [2.75, 3.05) is 6.54 Å². The molecule has 3 rings (SSSR count). The van der Waals surface area contributed by atoms with E-state index in [0.29, 0.717) is 6.42 Å². The number of rotatable bonds is 14. The van der Waals surface area contributed by atoms with Gasteiger partial charge in [-0.1, -0.05) is 45.0 Å². The van der Waals surface area contributed by atoms with Crippen LogP contribution in [0, 0.1) is 18.8 Å². The maximum atomic E-state index is 13.4. The van der Waals surface area contributed by atoms with Crippen molar-refractivity contribution in [2.45, 2.75) is 84.5 Å². The van der Waals surface area contributed by atoms with Gasteiger partial charge in [-0.15, -0.1) is 11.3 Å². The normalized spacial score (nSPS) is 18.0. The number of carboxylic acid groups (broad SMARTS) is 1. The molecule has 0 spiro atoms. The molecule has 1 aromatic heterocycles. The van der Waals surface area contributed by atoms with Crippen LogP contribution in [0.15, 0.2) is 29.8 Å². The van der Waals surface area contributed by atoms with Crippen LogP contribution in [0.2, 0.25) is 0 Å². The topological polar surface area (TPSA) is 166 Å². The number of aromatic nitrogens is 1. The molecule has 11 nitrogen and oxygen atoms in total. The molecule has 0 unspecified atom stereocenters. The number of hydrogen-bond donors (Lipinski definition) is 4. The van der Waals surface area contributed by atoms with Crippen molar-refractivity contribution in [2.24, 2.45) is 11.8 Å². The van der Waals surface area contributed by atoms with E-state index in [9.17, 15) is 29.1 Å². The maximum Gasteiger partial charge on any atom is 0.303 e. The summed E-state index contributed by atoms with van der Waals surface area (Å²) in [7, 11) is 0. The van der Waals surface area contributed by atoms with Crippen LogP contribution in [-0.4, -0.2) is 74.3 Å². The zero-order valence-electron chi connectivity index (χ0n) is 24.5. The molecule has 4 N–H and O–H groups in total. The maximum absolute atomic E-state index is 13.4. The Morgan fingerprint density at radius 1 is 1.10 bits per heavy atom. The van der Waals surface area contributed by atoms with Gasteiger partial charge >= 0.3 is 5.97 Å². The predicted molar refractivity (Wildman–Crippen MR) is 157 cm³/mol. The molecule has 42 heavy (non-hydrogen) atoms. The highest BCUT2D eigenvalue weighted by molar-refractivity contribution is 7.13. The van der Waals surface area contributed by atoms with Gasteiger partial charge in [0.2, 0.25) is 17.7 Å². The summed E-state index contributed by atoms with van der Waals surface area (Å²) in [5, 5.41) is 24.6. The molecular weight excluding hydrogens is 560 g/mol. The van der Waals surface area contributed by atoms with Crippen LogP contribution in [0.25, 0.3) is 10.4 Å². The number of carboxylic acids is 1. The average molecular weight is 601 g/mol. The van der Waals surface area contributed by atoms with Gasteiger partial charge in [0.25, 0.3) is 0 Å². The SMILES string of the molecule is Cc1ncsc1-c1ccc(CNC(=O)[C@@H]2C[C@@H](O)CN2C(=O)[C@H](C)CC(=O)[C@H](CC(C)C)NC(=O)CCC(=O)O)cc1. The van der Waals surface area contributed by atoms with Crippen LogP contribution in [0.3, 0.4) is 0 Å². The van der Waals surface area contributed by atoms with Gasteiger partial charge in [0, 0.05) is 38.3 Å². The smallest absolute Gasteiger partial charge is 0.303 e. The third-order valence-electron chi connectivity index (χ3n) is 7.22. The Balaban J connectivity index is 1.59. The molecule has 1 aliphatic rings. The van der Waals surface area contributed by atoms with Crippen molar-refractivity contribution in [3.63, 3.8) is 0 Å². The van der Waals surface area contributed by atoms with E-state index in [0.717, 1.165) is 21.7 Å². The minimum absolute atomic E-state index is 0.0142. The van der Waals surface area contributed by atoms with Crippen LogP contribution >= 0.6 is 11.3 Å². The molecule has 0 aliphatic carbocycles. The lowest BCUT2D eigenvalue weighted by atomic mass is 9.93. The number of likely N-dealkylation sites (tertiary alicyclic amines) is 1. The molecule has 228 valence electrons. The molecule has 2 heterocycles. The molecule has 0 radical (unpaired) electrons. The Morgan fingerprint density at radius 3 is 2.38 bits per heavy atom. The number of benzene rings is 1. The highest BCUT2D eigenvalue weighted by atomic mass is 32.1. The second-order valence-corrected chi connectivity index (χ2v) is 12.1. The third-order valence-corrected chi connectivity index (χ3v) is 8.20. The molecule has 0 bridgehead atoms. The number of hydrogen-bond acceptors (Lipinski definition) is 8. The monoisotopic (exact) mass is 600 g/mol. The fourth-order valence-electron chi connectivity index (χ4n) is 5.01. The lowest BCUT2D eigenvalue weighted by Gasteiger charge is -2.27. The fourth-order valence-corrected chi connectivity index (χ4v) is 5.82. The number of thiazole rings is 1. The van der Waals surface area contributed by atoms with Gasteiger partial charge in [-0.05, 0) is 30.4 Å². The summed E-state index contributed by atoms with van der Waals surface area (Å²) in [6.07, 6.45) is -1.18. The molecule has 1 aromatic carbocycles. The van der Waals surface area contributed by atoms with Gasteiger partial charge < -0.3 is 25.7 Å². The number of aliphatic hydroxyl groups is 1. The number of amides is 3. The van der Waals surface area contributed by atoms with Gasteiger partial charge in [0.15, 0.2) is 5.78 Å². The van der Waals surface area contributed by atoms with E-state index in [1.807, 2.05) is 45.0 Å². The third kappa shape index (κ3) is 9.18. The fraction of sp³-hybridized carbons (Fsp3) is 0.533. The van der Waals surface area contributed by atoms with Crippen LogP contribution in [0.4, 0.5) is 0 Å². The number of Topliss-reactive ketones (excluding diaryl/α,β-unsaturated/α-hetero) is 1. The van der Waals surface area contributed by atoms with Crippen LogP contribution in [0.1, 0.15) is 64.1 Å². The van der Waals surface area contributed by atoms with E-state index in [4.69, 9.17) is 5.11 Å². The number of β-amino-alcohol motifs (C(OH)–C–C–N with tert-alkyl or cyclic N) is 1. The largest absolute Gasteiger partial charge is 0.481 e. The molecule has 2 aromatic rings. The van der Waals surface area contributed by atoms with E-state index in [-0.39, 0.29) is 56.4 Å². The molecule has 1 saturated heterocycles. The predicted octanol–water partition coefficient (Wildman–Crippen LogP) is 2.69. The molecule has 12 heteroatoms. The Hall–Kier alpha value is -3.64. The summed E-state index contributed by atoms with van der Waals surface area (Å²) in [4.78, 5) is 69.2. The Morgan fingerprint density at radius 2 is 1.79 bits per heavy atom. The van der Waals surface area contributed by atoms with E-state index in [2.05, 4.69) is 15.6 Å². The number of aryl methyl sites for hydroxylation is 1. The summed E-state index contributed by atoms with van der Waals surface area (Å²) < 4.78 is 0. The van der Waals surface area contributed by atoms with Gasteiger partial charge in [0.1, 0.15) is 6.04 Å². The van der Waals surface area contributed by atoms with Crippen LogP contribution in [0.5, 0.6) is 0 Å². The van der Waals surface area contributed by atoms with E-state index < -0.39 is 41.9 Å². The van der Waals surface area contributed by atoms with Crippen LogP contribution in [-0.2, 0) is 30.5 Å². The highest BCUT2D eigenvalue weighted by Gasteiger charge is 2.40. The first-order valence-electron chi connectivity index (χ1n) is 14.1. The quantitative estimate of drug-likeness (QED) is 0.257. The molecule has 3 amide bonds. The number of carbonyl (C=O) groups is 5. The van der Waals surface area contributed by atoms with Gasteiger partial charge in [0.05, 0.1) is 34.6 Å². The van der Waals surface area contributed by atoms with Crippen molar-refractivity contribution in [1.29, 1.82) is 0 Å². The Labute approximate surface area is 249 Å². The standard InChI is InChI=1S/C30H40N4O7S/c1-17(2)11-23(33-26(37)9-10-27(38)39)25(36)12-18(3)30(41)34-15-22(35)13-24(34)29(40)31-14-20-5-7-21(8-6-20)28-19(4)32-16-42-28/h5-8,16-18,22-24,35H,9-15H2,1-4H3,(H,31,40)(H,33,37)(H,38,39)/t18-,22-,23+,24+/m1/s1. The van der Waals surface area contributed by atoms with Gasteiger partial charge in [-0.25, -0.2) is 4.98 Å². The van der Waals surface area contributed by atoms with Crippen LogP contribution < -0.4 is 10.6 Å². The number of ketones is 1. The molecular formula is C30H40N4O7S. The number of nitrogens with one attached hydrogen (secondary N) is 2. The minimum Gasteiger partial charge on any atom is -0.481 e. The summed E-state index contributed by atoms with van der Waals surface area (Å²) >= 11 is 1.56. The Kier molecular flexibility index (Phi) is 11.7. The van der Waals surface area contributed by atoms with Gasteiger partial charge in [-0.3, -0.25) is 24.0 Å². The van der Waals surface area contributed by atoms with Crippen molar-refractivity contribution in [3.8, 4) is 10.4 Å². The Bertz CT molecular complexity index is 1280. The number of carbonyl (C=O) groups excluding carboxylic acids is 4. The van der Waals surface area contributed by atoms with Gasteiger partial charge in [-0.2, -0.15) is 0 Å². The first kappa shape index (κ1) is 32.9.